The number of aliphatic hydroxyl groups excluding tert-OH is 1. The van der Waals surface area contributed by atoms with Gasteiger partial charge in [-0.15, -0.1) is 0 Å². The number of benzene rings is 2. The molecule has 4 rings (SSSR count). The van der Waals surface area contributed by atoms with Gasteiger partial charge < -0.3 is 24.6 Å². The Morgan fingerprint density at radius 1 is 1.20 bits per heavy atom. The van der Waals surface area contributed by atoms with Gasteiger partial charge in [0.15, 0.2) is 0 Å². The highest BCUT2D eigenvalue weighted by atomic mass is 16.5. The fourth-order valence-corrected chi connectivity index (χ4v) is 4.02. The molecule has 2 aliphatic heterocycles. The number of methoxy groups -OCH3 is 1. The summed E-state index contributed by atoms with van der Waals surface area (Å²) >= 11 is 0. The summed E-state index contributed by atoms with van der Waals surface area (Å²) in [7, 11) is 1.54. The highest BCUT2D eigenvalue weighted by molar-refractivity contribution is 6.46. The normalized spacial score (nSPS) is 23.2. The molecule has 2 atom stereocenters. The van der Waals surface area contributed by atoms with Crippen molar-refractivity contribution in [1.82, 2.24) is 4.90 Å². The molecular formula is C23H23NO6. The predicted molar refractivity (Wildman–Crippen MR) is 109 cm³/mol. The highest BCUT2D eigenvalue weighted by Crippen LogP contribution is 2.40. The maximum absolute atomic E-state index is 13.0. The van der Waals surface area contributed by atoms with Crippen LogP contribution in [0.15, 0.2) is 54.1 Å². The molecule has 0 saturated carbocycles. The molecule has 7 heteroatoms. The quantitative estimate of drug-likeness (QED) is 0.448. The first kappa shape index (κ1) is 20.0. The van der Waals surface area contributed by atoms with Crippen molar-refractivity contribution in [1.29, 1.82) is 0 Å². The second-order valence-corrected chi connectivity index (χ2v) is 7.41. The van der Waals surface area contributed by atoms with E-state index in [1.54, 1.807) is 36.4 Å². The Morgan fingerprint density at radius 2 is 1.97 bits per heavy atom. The molecule has 1 amide bonds. The van der Waals surface area contributed by atoms with Crippen molar-refractivity contribution in [2.45, 2.75) is 25.0 Å². The molecule has 0 radical (unpaired) electrons. The number of aliphatic hydroxyl groups is 1. The minimum absolute atomic E-state index is 0.00577. The van der Waals surface area contributed by atoms with Gasteiger partial charge in [0.1, 0.15) is 17.3 Å². The van der Waals surface area contributed by atoms with E-state index < -0.39 is 17.7 Å². The minimum Gasteiger partial charge on any atom is -0.508 e. The lowest BCUT2D eigenvalue weighted by Gasteiger charge is -2.27. The lowest BCUT2D eigenvalue weighted by molar-refractivity contribution is -0.140. The van der Waals surface area contributed by atoms with Gasteiger partial charge in [0.2, 0.25) is 0 Å². The predicted octanol–water partition coefficient (Wildman–Crippen LogP) is 3.00. The molecule has 0 bridgehead atoms. The maximum atomic E-state index is 13.0. The van der Waals surface area contributed by atoms with Gasteiger partial charge >= 0.3 is 0 Å². The van der Waals surface area contributed by atoms with Crippen LogP contribution in [-0.2, 0) is 14.3 Å². The average molecular weight is 409 g/mol. The van der Waals surface area contributed by atoms with E-state index in [0.29, 0.717) is 23.5 Å². The zero-order valence-corrected chi connectivity index (χ0v) is 16.6. The van der Waals surface area contributed by atoms with E-state index in [4.69, 9.17) is 9.47 Å². The van der Waals surface area contributed by atoms with Gasteiger partial charge in [0.05, 0.1) is 24.8 Å². The smallest absolute Gasteiger partial charge is 0.295 e. The van der Waals surface area contributed by atoms with Crippen LogP contribution in [0.5, 0.6) is 11.5 Å². The van der Waals surface area contributed by atoms with E-state index in [-0.39, 0.29) is 29.7 Å². The number of ketones is 1. The lowest BCUT2D eigenvalue weighted by Crippen LogP contribution is -2.36. The van der Waals surface area contributed by atoms with Gasteiger partial charge in [-0.25, -0.2) is 0 Å². The van der Waals surface area contributed by atoms with Gasteiger partial charge in [-0.05, 0) is 54.8 Å². The Kier molecular flexibility index (Phi) is 5.46. The van der Waals surface area contributed by atoms with Gasteiger partial charge in [0.25, 0.3) is 11.7 Å². The summed E-state index contributed by atoms with van der Waals surface area (Å²) in [4.78, 5) is 27.3. The number of amides is 1. The van der Waals surface area contributed by atoms with Crippen LogP contribution >= 0.6 is 0 Å². The van der Waals surface area contributed by atoms with E-state index >= 15 is 0 Å². The van der Waals surface area contributed by atoms with E-state index in [9.17, 15) is 19.8 Å². The first-order valence-corrected chi connectivity index (χ1v) is 9.83. The molecule has 2 unspecified atom stereocenters. The molecule has 30 heavy (non-hydrogen) atoms. The van der Waals surface area contributed by atoms with Crippen LogP contribution in [0.2, 0.25) is 0 Å². The first-order valence-electron chi connectivity index (χ1n) is 9.83. The van der Waals surface area contributed by atoms with Gasteiger partial charge in [-0.3, -0.25) is 9.59 Å². The zero-order chi connectivity index (χ0) is 21.3. The number of phenols is 1. The summed E-state index contributed by atoms with van der Waals surface area (Å²) in [6.45, 7) is 0.863. The molecule has 0 aromatic heterocycles. The standard InChI is InChI=1S/C23H23NO6/c1-29-17-9-7-14(8-10-17)21(26)19-20(15-4-2-5-16(25)12-15)24(23(28)22(19)27)13-18-6-3-11-30-18/h2,4-5,7-10,12,18,20,25-26H,3,6,11,13H2,1H3/b21-19+. The van der Waals surface area contributed by atoms with Crippen molar-refractivity contribution in [2.24, 2.45) is 0 Å². The van der Waals surface area contributed by atoms with Gasteiger partial charge in [-0.2, -0.15) is 0 Å². The Balaban J connectivity index is 1.81. The molecule has 2 aromatic carbocycles. The molecule has 2 aliphatic rings. The number of rotatable bonds is 5. The number of carbonyl (C=O) groups is 2. The first-order chi connectivity index (χ1) is 14.5. The molecule has 2 fully saturated rings. The molecular weight excluding hydrogens is 386 g/mol. The van der Waals surface area contributed by atoms with Crippen molar-refractivity contribution < 1.29 is 29.3 Å². The number of phenolic OH excluding ortho intramolecular Hbond substituents is 1. The lowest BCUT2D eigenvalue weighted by atomic mass is 9.95. The number of aromatic hydroxyl groups is 1. The van der Waals surface area contributed by atoms with Crippen LogP contribution in [0.3, 0.4) is 0 Å². The second kappa shape index (κ2) is 8.20. The molecule has 2 saturated heterocycles. The molecule has 2 heterocycles. The SMILES string of the molecule is COc1ccc(/C(O)=C2\C(=O)C(=O)N(CC3CCCO3)C2c2cccc(O)c2)cc1. The third-order valence-corrected chi connectivity index (χ3v) is 5.51. The summed E-state index contributed by atoms with van der Waals surface area (Å²) in [5.41, 5.74) is 0.937. The summed E-state index contributed by atoms with van der Waals surface area (Å²) < 4.78 is 10.8. The number of Topliss-reactive ketones (excluding diaryl/α,β-unsaturated/α-hetero) is 1. The van der Waals surface area contributed by atoms with Crippen LogP contribution in [-0.4, -0.2) is 53.2 Å². The van der Waals surface area contributed by atoms with Crippen molar-refractivity contribution in [2.75, 3.05) is 20.3 Å². The number of hydrogen-bond donors (Lipinski definition) is 2. The largest absolute Gasteiger partial charge is 0.508 e. The third kappa shape index (κ3) is 3.64. The Labute approximate surface area is 174 Å². The zero-order valence-electron chi connectivity index (χ0n) is 16.6. The minimum atomic E-state index is -0.816. The summed E-state index contributed by atoms with van der Waals surface area (Å²) in [6, 6.07) is 12.1. The van der Waals surface area contributed by atoms with Crippen molar-refractivity contribution in [3.05, 3.63) is 65.2 Å². The van der Waals surface area contributed by atoms with Crippen molar-refractivity contribution in [3.63, 3.8) is 0 Å². The molecule has 2 N–H and O–H groups in total. The summed E-state index contributed by atoms with van der Waals surface area (Å²) in [5, 5.41) is 21.0. The van der Waals surface area contributed by atoms with E-state index in [2.05, 4.69) is 0 Å². The molecule has 0 spiro atoms. The maximum Gasteiger partial charge on any atom is 0.295 e. The number of nitrogens with zero attached hydrogens (tertiary/aromatic N) is 1. The number of ether oxygens (including phenoxy) is 2. The van der Waals surface area contributed by atoms with Crippen molar-refractivity contribution >= 4 is 17.4 Å². The molecule has 7 nitrogen and oxygen atoms in total. The van der Waals surface area contributed by atoms with Crippen LogP contribution in [0.25, 0.3) is 5.76 Å². The van der Waals surface area contributed by atoms with Crippen LogP contribution < -0.4 is 4.74 Å². The fourth-order valence-electron chi connectivity index (χ4n) is 4.02. The molecule has 156 valence electrons. The van der Waals surface area contributed by atoms with Gasteiger partial charge in [0, 0.05) is 18.7 Å². The fraction of sp³-hybridized carbons (Fsp3) is 0.304. The topological polar surface area (TPSA) is 96.3 Å². The number of likely N-dealkylation sites (tertiary alicyclic amines) is 1. The number of hydrogen-bond acceptors (Lipinski definition) is 6. The van der Waals surface area contributed by atoms with Crippen LogP contribution in [0, 0.1) is 0 Å². The Morgan fingerprint density at radius 3 is 2.60 bits per heavy atom. The Bertz CT molecular complexity index is 991. The summed E-state index contributed by atoms with van der Waals surface area (Å²) in [5.74, 6) is -1.09. The van der Waals surface area contributed by atoms with E-state index in [1.807, 2.05) is 0 Å². The second-order valence-electron chi connectivity index (χ2n) is 7.41. The van der Waals surface area contributed by atoms with Crippen LogP contribution in [0.4, 0.5) is 0 Å². The van der Waals surface area contributed by atoms with E-state index in [0.717, 1.165) is 12.8 Å². The van der Waals surface area contributed by atoms with Crippen LogP contribution in [0.1, 0.15) is 30.0 Å². The molecule has 2 aromatic rings. The van der Waals surface area contributed by atoms with E-state index in [1.165, 1.54) is 24.1 Å². The van der Waals surface area contributed by atoms with Crippen molar-refractivity contribution in [3.8, 4) is 11.5 Å². The molecule has 0 aliphatic carbocycles. The monoisotopic (exact) mass is 409 g/mol. The summed E-state index contributed by atoms with van der Waals surface area (Å²) in [6.07, 6.45) is 1.54. The van der Waals surface area contributed by atoms with Gasteiger partial charge in [-0.1, -0.05) is 12.1 Å². The number of carbonyl (C=O) groups excluding carboxylic acids is 2. The highest BCUT2D eigenvalue weighted by Gasteiger charge is 2.47. The third-order valence-electron chi connectivity index (χ3n) is 5.51. The average Bonchev–Trinajstić information content (AvgIpc) is 3.36. The Hall–Kier alpha value is -3.32.